The Hall–Kier alpha value is -0.610. The van der Waals surface area contributed by atoms with Crippen molar-refractivity contribution in [2.24, 2.45) is 11.8 Å². The SMILES string of the molecule is O=C(O)C1CCC(NC2CN3CCC2CC3)CC1. The maximum atomic E-state index is 10.9. The van der Waals surface area contributed by atoms with Crippen LogP contribution in [0.1, 0.15) is 38.5 Å². The number of rotatable bonds is 3. The minimum Gasteiger partial charge on any atom is -0.481 e. The fourth-order valence-electron chi connectivity index (χ4n) is 3.96. The van der Waals surface area contributed by atoms with Crippen molar-refractivity contribution < 1.29 is 9.90 Å². The Kier molecular flexibility index (Phi) is 3.57. The number of fused-ring (bicyclic) bond motifs is 3. The van der Waals surface area contributed by atoms with E-state index in [1.807, 2.05) is 0 Å². The topological polar surface area (TPSA) is 52.6 Å². The van der Waals surface area contributed by atoms with Gasteiger partial charge in [-0.1, -0.05) is 0 Å². The third kappa shape index (κ3) is 2.54. The molecule has 4 nitrogen and oxygen atoms in total. The van der Waals surface area contributed by atoms with Crippen LogP contribution in [0.4, 0.5) is 0 Å². The Labute approximate surface area is 109 Å². The molecule has 1 unspecified atom stereocenters. The van der Waals surface area contributed by atoms with Gasteiger partial charge in [0.15, 0.2) is 0 Å². The van der Waals surface area contributed by atoms with Crippen LogP contribution in [-0.2, 0) is 4.79 Å². The second-order valence-corrected chi connectivity index (χ2v) is 6.30. The van der Waals surface area contributed by atoms with E-state index >= 15 is 0 Å². The molecular formula is C14H24N2O2. The minimum absolute atomic E-state index is 0.0883. The summed E-state index contributed by atoms with van der Waals surface area (Å²) in [6.07, 6.45) is 6.49. The number of carboxylic acid groups (broad SMARTS) is 1. The number of hydrogen-bond donors (Lipinski definition) is 2. The van der Waals surface area contributed by atoms with E-state index in [2.05, 4.69) is 10.2 Å². The second-order valence-electron chi connectivity index (χ2n) is 6.30. The van der Waals surface area contributed by atoms with Crippen molar-refractivity contribution in [3.05, 3.63) is 0 Å². The first-order chi connectivity index (χ1) is 8.72. The van der Waals surface area contributed by atoms with Gasteiger partial charge in [-0.2, -0.15) is 0 Å². The van der Waals surface area contributed by atoms with Crippen LogP contribution >= 0.6 is 0 Å². The van der Waals surface area contributed by atoms with Gasteiger partial charge in [-0.05, 0) is 57.5 Å². The van der Waals surface area contributed by atoms with E-state index in [1.54, 1.807) is 0 Å². The quantitative estimate of drug-likeness (QED) is 0.795. The second kappa shape index (κ2) is 5.17. The molecule has 4 heteroatoms. The molecule has 3 aliphatic heterocycles. The van der Waals surface area contributed by atoms with Crippen molar-refractivity contribution >= 4 is 5.97 Å². The number of nitrogens with zero attached hydrogens (tertiary/aromatic N) is 1. The van der Waals surface area contributed by atoms with Crippen LogP contribution in [0, 0.1) is 11.8 Å². The molecule has 1 aliphatic carbocycles. The molecule has 0 amide bonds. The van der Waals surface area contributed by atoms with E-state index in [-0.39, 0.29) is 5.92 Å². The maximum Gasteiger partial charge on any atom is 0.306 e. The Balaban J connectivity index is 1.48. The standard InChI is InChI=1S/C14H24N2O2/c17-14(18)11-1-3-12(4-2-11)15-13-9-16-7-5-10(13)6-8-16/h10-13,15H,1-9H2,(H,17,18). The average molecular weight is 252 g/mol. The van der Waals surface area contributed by atoms with Crippen LogP contribution in [0.15, 0.2) is 0 Å². The van der Waals surface area contributed by atoms with Crippen LogP contribution in [0.3, 0.4) is 0 Å². The molecule has 0 spiro atoms. The first-order valence-electron chi connectivity index (χ1n) is 7.43. The third-order valence-corrected chi connectivity index (χ3v) is 5.18. The molecule has 1 atom stereocenters. The smallest absolute Gasteiger partial charge is 0.306 e. The van der Waals surface area contributed by atoms with Crippen molar-refractivity contribution in [1.29, 1.82) is 0 Å². The molecule has 18 heavy (non-hydrogen) atoms. The Morgan fingerprint density at radius 3 is 2.22 bits per heavy atom. The summed E-state index contributed by atoms with van der Waals surface area (Å²) >= 11 is 0. The predicted octanol–water partition coefficient (Wildman–Crippen LogP) is 1.31. The summed E-state index contributed by atoms with van der Waals surface area (Å²) in [6, 6.07) is 1.23. The van der Waals surface area contributed by atoms with E-state index in [0.717, 1.165) is 31.6 Å². The largest absolute Gasteiger partial charge is 0.481 e. The lowest BCUT2D eigenvalue weighted by Gasteiger charge is -2.46. The molecule has 1 saturated carbocycles. The third-order valence-electron chi connectivity index (χ3n) is 5.18. The van der Waals surface area contributed by atoms with Gasteiger partial charge in [0.25, 0.3) is 0 Å². The highest BCUT2D eigenvalue weighted by Crippen LogP contribution is 2.30. The minimum atomic E-state index is -0.601. The molecule has 0 aromatic carbocycles. The summed E-state index contributed by atoms with van der Waals surface area (Å²) < 4.78 is 0. The molecule has 102 valence electrons. The monoisotopic (exact) mass is 252 g/mol. The van der Waals surface area contributed by atoms with Crippen molar-refractivity contribution in [3.63, 3.8) is 0 Å². The van der Waals surface area contributed by atoms with Crippen LogP contribution in [-0.4, -0.2) is 47.7 Å². The highest BCUT2D eigenvalue weighted by molar-refractivity contribution is 5.70. The van der Waals surface area contributed by atoms with E-state index in [1.165, 1.54) is 32.5 Å². The van der Waals surface area contributed by atoms with Crippen LogP contribution in [0.2, 0.25) is 0 Å². The molecule has 4 aliphatic rings. The highest BCUT2D eigenvalue weighted by atomic mass is 16.4. The van der Waals surface area contributed by atoms with Gasteiger partial charge in [-0.25, -0.2) is 0 Å². The number of piperidine rings is 3. The molecule has 0 radical (unpaired) electrons. The Morgan fingerprint density at radius 1 is 1.06 bits per heavy atom. The summed E-state index contributed by atoms with van der Waals surface area (Å²) in [4.78, 5) is 13.5. The summed E-state index contributed by atoms with van der Waals surface area (Å²) in [7, 11) is 0. The molecule has 2 N–H and O–H groups in total. The van der Waals surface area contributed by atoms with Crippen LogP contribution in [0.5, 0.6) is 0 Å². The molecule has 4 fully saturated rings. The van der Waals surface area contributed by atoms with Gasteiger partial charge in [-0.15, -0.1) is 0 Å². The van der Waals surface area contributed by atoms with E-state index in [9.17, 15) is 4.79 Å². The first kappa shape index (κ1) is 12.4. The van der Waals surface area contributed by atoms with Crippen LogP contribution in [0.25, 0.3) is 0 Å². The predicted molar refractivity (Wildman–Crippen MR) is 69.5 cm³/mol. The molecule has 0 aromatic rings. The lowest BCUT2D eigenvalue weighted by atomic mass is 9.81. The van der Waals surface area contributed by atoms with Crippen molar-refractivity contribution in [2.45, 2.75) is 50.6 Å². The van der Waals surface area contributed by atoms with Gasteiger partial charge in [0, 0.05) is 18.6 Å². The fourth-order valence-corrected chi connectivity index (χ4v) is 3.96. The van der Waals surface area contributed by atoms with Gasteiger partial charge in [-0.3, -0.25) is 4.79 Å². The molecule has 0 aromatic heterocycles. The molecule has 2 bridgehead atoms. The van der Waals surface area contributed by atoms with Crippen molar-refractivity contribution in [1.82, 2.24) is 10.2 Å². The normalized spacial score (nSPS) is 43.9. The summed E-state index contributed by atoms with van der Waals surface area (Å²) in [6.45, 7) is 3.78. The molecule has 3 heterocycles. The number of carbonyl (C=O) groups is 1. The fraction of sp³-hybridized carbons (Fsp3) is 0.929. The number of hydrogen-bond acceptors (Lipinski definition) is 3. The van der Waals surface area contributed by atoms with Gasteiger partial charge in [0.05, 0.1) is 5.92 Å². The van der Waals surface area contributed by atoms with Gasteiger partial charge < -0.3 is 15.3 Å². The van der Waals surface area contributed by atoms with Gasteiger partial charge in [0.2, 0.25) is 0 Å². The highest BCUT2D eigenvalue weighted by Gasteiger charge is 2.36. The van der Waals surface area contributed by atoms with Crippen LogP contribution < -0.4 is 5.32 Å². The zero-order valence-electron chi connectivity index (χ0n) is 11.0. The molecule has 4 rings (SSSR count). The van der Waals surface area contributed by atoms with E-state index < -0.39 is 5.97 Å². The zero-order valence-corrected chi connectivity index (χ0v) is 11.0. The molecular weight excluding hydrogens is 228 g/mol. The summed E-state index contributed by atoms with van der Waals surface area (Å²) in [5, 5.41) is 12.8. The Morgan fingerprint density at radius 2 is 1.72 bits per heavy atom. The first-order valence-corrected chi connectivity index (χ1v) is 7.43. The van der Waals surface area contributed by atoms with Gasteiger partial charge in [0.1, 0.15) is 0 Å². The average Bonchev–Trinajstić information content (AvgIpc) is 2.41. The van der Waals surface area contributed by atoms with Gasteiger partial charge >= 0.3 is 5.97 Å². The van der Waals surface area contributed by atoms with Crippen molar-refractivity contribution in [2.75, 3.05) is 19.6 Å². The lowest BCUT2D eigenvalue weighted by Crippen LogP contribution is -2.58. The van der Waals surface area contributed by atoms with E-state index in [0.29, 0.717) is 12.1 Å². The number of aliphatic carboxylic acids is 1. The van der Waals surface area contributed by atoms with Crippen molar-refractivity contribution in [3.8, 4) is 0 Å². The zero-order chi connectivity index (χ0) is 12.5. The Bertz CT molecular complexity index is 305. The number of nitrogens with one attached hydrogen (secondary N) is 1. The maximum absolute atomic E-state index is 10.9. The lowest BCUT2D eigenvalue weighted by molar-refractivity contribution is -0.142. The summed E-state index contributed by atoms with van der Waals surface area (Å²) in [5.41, 5.74) is 0. The molecule has 3 saturated heterocycles. The number of carboxylic acids is 1. The van der Waals surface area contributed by atoms with E-state index in [4.69, 9.17) is 5.11 Å². The summed E-state index contributed by atoms with van der Waals surface area (Å²) in [5.74, 6) is 0.179.